The van der Waals surface area contributed by atoms with Gasteiger partial charge in [0.2, 0.25) is 0 Å². The van der Waals surface area contributed by atoms with Crippen LogP contribution in [0.4, 0.5) is 0 Å². The number of rotatable bonds is 2. The Hall–Kier alpha value is -1.91. The number of hydrogen-bond donors (Lipinski definition) is 1. The lowest BCUT2D eigenvalue weighted by Crippen LogP contribution is -1.94. The van der Waals surface area contributed by atoms with Crippen molar-refractivity contribution in [3.05, 3.63) is 52.5 Å². The largest absolute Gasteiger partial charge is 0.477 e. The van der Waals surface area contributed by atoms with Gasteiger partial charge in [0.05, 0.1) is 0 Å². The molecule has 0 fully saturated rings. The summed E-state index contributed by atoms with van der Waals surface area (Å²) in [7, 11) is 0. The molecule has 2 heterocycles. The number of nitrogens with zero attached hydrogens (tertiary/aromatic N) is 1. The SMILES string of the molecule is O=C(O)c1sc2ncccc2c1-c1ccc(Cl)cc1. The Balaban J connectivity index is 2.34. The van der Waals surface area contributed by atoms with Gasteiger partial charge in [-0.2, -0.15) is 0 Å². The van der Waals surface area contributed by atoms with Crippen molar-refractivity contribution in [3.63, 3.8) is 0 Å². The standard InChI is InChI=1S/C14H8ClNO2S/c15-9-5-3-8(4-6-9)11-10-2-1-7-16-13(10)19-12(11)14(17)18/h1-7H,(H,17,18). The lowest BCUT2D eigenvalue weighted by molar-refractivity contribution is 0.0703. The van der Waals surface area contributed by atoms with E-state index in [0.717, 1.165) is 15.8 Å². The van der Waals surface area contributed by atoms with Gasteiger partial charge < -0.3 is 5.11 Å². The monoisotopic (exact) mass is 289 g/mol. The highest BCUT2D eigenvalue weighted by atomic mass is 35.5. The normalized spacial score (nSPS) is 10.8. The quantitative estimate of drug-likeness (QED) is 0.764. The molecule has 0 unspecified atom stereocenters. The van der Waals surface area contributed by atoms with E-state index in [1.165, 1.54) is 11.3 Å². The highest BCUT2D eigenvalue weighted by molar-refractivity contribution is 7.21. The Labute approximate surface area is 118 Å². The van der Waals surface area contributed by atoms with Gasteiger partial charge in [-0.25, -0.2) is 9.78 Å². The van der Waals surface area contributed by atoms with Crippen molar-refractivity contribution in [2.75, 3.05) is 0 Å². The van der Waals surface area contributed by atoms with Crippen molar-refractivity contribution in [2.24, 2.45) is 0 Å². The van der Waals surface area contributed by atoms with Gasteiger partial charge in [-0.3, -0.25) is 0 Å². The molecule has 0 bridgehead atoms. The zero-order valence-corrected chi connectivity index (χ0v) is 11.2. The van der Waals surface area contributed by atoms with Crippen LogP contribution < -0.4 is 0 Å². The molecule has 5 heteroatoms. The number of fused-ring (bicyclic) bond motifs is 1. The van der Waals surface area contributed by atoms with E-state index in [1.54, 1.807) is 24.4 Å². The Morgan fingerprint density at radius 2 is 1.95 bits per heavy atom. The molecule has 0 radical (unpaired) electrons. The van der Waals surface area contributed by atoms with Crippen LogP contribution in [0.15, 0.2) is 42.6 Å². The average molecular weight is 290 g/mol. The minimum atomic E-state index is -0.937. The Morgan fingerprint density at radius 1 is 1.21 bits per heavy atom. The number of aromatic nitrogens is 1. The topological polar surface area (TPSA) is 50.2 Å². The van der Waals surface area contributed by atoms with E-state index in [-0.39, 0.29) is 0 Å². The molecule has 1 N–H and O–H groups in total. The molecule has 1 aromatic carbocycles. The zero-order chi connectivity index (χ0) is 13.4. The van der Waals surface area contributed by atoms with Gasteiger partial charge in [0.25, 0.3) is 0 Å². The van der Waals surface area contributed by atoms with E-state index >= 15 is 0 Å². The molecule has 3 aromatic rings. The maximum atomic E-state index is 11.4. The number of halogens is 1. The third kappa shape index (κ3) is 2.09. The smallest absolute Gasteiger partial charge is 0.346 e. The van der Waals surface area contributed by atoms with Crippen LogP contribution in [0, 0.1) is 0 Å². The number of aromatic carboxylic acids is 1. The molecule has 3 rings (SSSR count). The first kappa shape index (κ1) is 12.1. The first-order chi connectivity index (χ1) is 9.16. The second kappa shape index (κ2) is 4.64. The zero-order valence-electron chi connectivity index (χ0n) is 9.63. The molecule has 0 saturated carbocycles. The molecule has 0 aliphatic rings. The number of hydrogen-bond acceptors (Lipinski definition) is 3. The lowest BCUT2D eigenvalue weighted by Gasteiger charge is -2.02. The molecule has 0 aliphatic heterocycles. The summed E-state index contributed by atoms with van der Waals surface area (Å²) in [6.07, 6.45) is 1.66. The number of thiophene rings is 1. The van der Waals surface area contributed by atoms with Crippen LogP contribution in [0.3, 0.4) is 0 Å². The fraction of sp³-hybridized carbons (Fsp3) is 0. The third-order valence-corrected chi connectivity index (χ3v) is 4.15. The minimum Gasteiger partial charge on any atom is -0.477 e. The van der Waals surface area contributed by atoms with E-state index in [9.17, 15) is 9.90 Å². The maximum absolute atomic E-state index is 11.4. The summed E-state index contributed by atoms with van der Waals surface area (Å²) in [6, 6.07) is 10.8. The van der Waals surface area contributed by atoms with Gasteiger partial charge in [0.15, 0.2) is 0 Å². The highest BCUT2D eigenvalue weighted by Gasteiger charge is 2.19. The number of carboxylic acid groups (broad SMARTS) is 1. The number of benzene rings is 1. The number of pyridine rings is 1. The average Bonchev–Trinajstić information content (AvgIpc) is 2.79. The molecular weight excluding hydrogens is 282 g/mol. The maximum Gasteiger partial charge on any atom is 0.346 e. The lowest BCUT2D eigenvalue weighted by atomic mass is 10.0. The van der Waals surface area contributed by atoms with E-state index < -0.39 is 5.97 Å². The summed E-state index contributed by atoms with van der Waals surface area (Å²) >= 11 is 7.05. The summed E-state index contributed by atoms with van der Waals surface area (Å²) in [4.78, 5) is 16.6. The van der Waals surface area contributed by atoms with Crippen LogP contribution in [0.25, 0.3) is 21.3 Å². The fourth-order valence-corrected chi connectivity index (χ4v) is 3.12. The molecular formula is C14H8ClNO2S. The molecule has 94 valence electrons. The highest BCUT2D eigenvalue weighted by Crippen LogP contribution is 2.37. The van der Waals surface area contributed by atoms with E-state index in [0.29, 0.717) is 15.5 Å². The summed E-state index contributed by atoms with van der Waals surface area (Å²) in [5.41, 5.74) is 1.54. The van der Waals surface area contributed by atoms with Gasteiger partial charge in [-0.1, -0.05) is 23.7 Å². The molecule has 0 atom stereocenters. The van der Waals surface area contributed by atoms with Crippen LogP contribution in [0.1, 0.15) is 9.67 Å². The van der Waals surface area contributed by atoms with Gasteiger partial charge >= 0.3 is 5.97 Å². The van der Waals surface area contributed by atoms with Gasteiger partial charge in [0.1, 0.15) is 9.71 Å². The van der Waals surface area contributed by atoms with Gasteiger partial charge in [-0.05, 0) is 29.8 Å². The Kier molecular flexibility index (Phi) is 2.97. The van der Waals surface area contributed by atoms with E-state index in [1.807, 2.05) is 18.2 Å². The minimum absolute atomic E-state index is 0.302. The van der Waals surface area contributed by atoms with Crippen molar-refractivity contribution in [1.29, 1.82) is 0 Å². The summed E-state index contributed by atoms with van der Waals surface area (Å²) in [5, 5.41) is 10.8. The van der Waals surface area contributed by atoms with Crippen molar-refractivity contribution in [1.82, 2.24) is 4.98 Å². The second-order valence-electron chi connectivity index (χ2n) is 3.97. The van der Waals surface area contributed by atoms with Crippen LogP contribution in [-0.4, -0.2) is 16.1 Å². The summed E-state index contributed by atoms with van der Waals surface area (Å²) in [6.45, 7) is 0. The first-order valence-electron chi connectivity index (χ1n) is 5.53. The van der Waals surface area contributed by atoms with Gasteiger partial charge in [0, 0.05) is 22.2 Å². The fourth-order valence-electron chi connectivity index (χ4n) is 1.99. The molecule has 3 nitrogen and oxygen atoms in total. The van der Waals surface area contributed by atoms with Crippen LogP contribution in [0.2, 0.25) is 5.02 Å². The third-order valence-electron chi connectivity index (χ3n) is 2.79. The summed E-state index contributed by atoms with van der Waals surface area (Å²) < 4.78 is 0. The molecule has 0 amide bonds. The van der Waals surface area contributed by atoms with Crippen LogP contribution in [-0.2, 0) is 0 Å². The molecule has 2 aromatic heterocycles. The van der Waals surface area contributed by atoms with Crippen molar-refractivity contribution in [3.8, 4) is 11.1 Å². The predicted octanol–water partition coefficient (Wildman–Crippen LogP) is 4.31. The summed E-state index contributed by atoms with van der Waals surface area (Å²) in [5.74, 6) is -0.937. The molecule has 0 saturated heterocycles. The van der Waals surface area contributed by atoms with Crippen molar-refractivity contribution < 1.29 is 9.90 Å². The Morgan fingerprint density at radius 3 is 2.63 bits per heavy atom. The first-order valence-corrected chi connectivity index (χ1v) is 6.73. The van der Waals surface area contributed by atoms with E-state index in [2.05, 4.69) is 4.98 Å². The van der Waals surface area contributed by atoms with Crippen LogP contribution >= 0.6 is 22.9 Å². The van der Waals surface area contributed by atoms with E-state index in [4.69, 9.17) is 11.6 Å². The van der Waals surface area contributed by atoms with Crippen molar-refractivity contribution >= 4 is 39.1 Å². The molecule has 0 aliphatic carbocycles. The van der Waals surface area contributed by atoms with Crippen molar-refractivity contribution in [2.45, 2.75) is 0 Å². The van der Waals surface area contributed by atoms with Crippen LogP contribution in [0.5, 0.6) is 0 Å². The predicted molar refractivity (Wildman–Crippen MR) is 77.0 cm³/mol. The molecule has 19 heavy (non-hydrogen) atoms. The molecule has 0 spiro atoms. The second-order valence-corrected chi connectivity index (χ2v) is 5.41. The Bertz CT molecular complexity index is 765. The van der Waals surface area contributed by atoms with Gasteiger partial charge in [-0.15, -0.1) is 11.3 Å². The number of carboxylic acids is 1. The number of carbonyl (C=O) groups is 1.